The van der Waals surface area contributed by atoms with Gasteiger partial charge in [-0.05, 0) is 161 Å². The molecule has 0 aliphatic heterocycles. The maximum atomic E-state index is 13.1. The topological polar surface area (TPSA) is 237 Å². The van der Waals surface area contributed by atoms with E-state index in [9.17, 15) is 43.2 Å². The summed E-state index contributed by atoms with van der Waals surface area (Å²) in [4.78, 5) is 73.0. The van der Waals surface area contributed by atoms with Gasteiger partial charge in [-0.15, -0.1) is 0 Å². The summed E-state index contributed by atoms with van der Waals surface area (Å²) in [5.41, 5.74) is 0. The molecule has 0 amide bonds. The molecular weight excluding hydrogens is 1380 g/mol. The van der Waals surface area contributed by atoms with Gasteiger partial charge in [0, 0.05) is 19.3 Å². The fourth-order valence-electron chi connectivity index (χ4n) is 9.84. The van der Waals surface area contributed by atoms with E-state index < -0.39 is 97.5 Å². The number of aliphatic hydroxyl groups excluding tert-OH is 1. The lowest BCUT2D eigenvalue weighted by Crippen LogP contribution is -2.30. The van der Waals surface area contributed by atoms with Crippen molar-refractivity contribution in [2.24, 2.45) is 0 Å². The van der Waals surface area contributed by atoms with Crippen molar-refractivity contribution in [2.45, 2.75) is 303 Å². The number of unbranched alkanes of at least 4 members (excludes halogenated alkanes) is 18. The standard InChI is InChI=1S/C87H140O17P2/c1-5-9-13-17-21-25-29-33-37-39-40-42-45-48-52-56-60-64-68-72-85(90)98-78-83(104-87(92)74-70-66-62-58-54-50-46-41-38-34-30-26-22-18-14-10-6-2)80-102-106(95,96)100-76-81(88)75-99-105(93,94)101-79-82(103-86(91)73-69-65-61-57-53-49-44-36-32-28-24-20-16-12-8-4)77-97-84(89)71-67-63-59-55-51-47-43-35-31-27-23-19-15-11-7-3/h10-11,14-15,21-28,33-38,40,42-44,46,50-51,55,58,62-63,67,81-83,88H,5-9,12-13,16-20,29-32,39,41,45,47-49,52-54,56-57,59-61,64-66,68-80H2,1-4H3,(H,93,94)(H,95,96)/b14-10-,15-11-,25-21-,26-22-,27-23-,28-24-,37-33-,38-34-,42-40-,43-35-,44-36-,50-46-,55-51-,62-58-,67-63-. The van der Waals surface area contributed by atoms with Gasteiger partial charge >= 0.3 is 39.5 Å². The average molecular weight is 1520 g/mol. The minimum atomic E-state index is -5.01. The van der Waals surface area contributed by atoms with Crippen LogP contribution in [0.15, 0.2) is 182 Å². The summed E-state index contributed by atoms with van der Waals surface area (Å²) in [6, 6.07) is 0. The van der Waals surface area contributed by atoms with Crippen LogP contribution in [0, 0.1) is 0 Å². The van der Waals surface area contributed by atoms with Crippen LogP contribution in [0.3, 0.4) is 0 Å². The van der Waals surface area contributed by atoms with Crippen LogP contribution in [-0.4, -0.2) is 96.7 Å². The third-order valence-corrected chi connectivity index (χ3v) is 17.8. The summed E-state index contributed by atoms with van der Waals surface area (Å²) in [6.45, 7) is 4.36. The van der Waals surface area contributed by atoms with Gasteiger partial charge in [-0.25, -0.2) is 9.13 Å². The Hall–Kier alpha value is -5.84. The smallest absolute Gasteiger partial charge is 0.462 e. The van der Waals surface area contributed by atoms with E-state index >= 15 is 0 Å². The molecule has 600 valence electrons. The number of hydrogen-bond donors (Lipinski definition) is 3. The average Bonchev–Trinajstić information content (AvgIpc) is 0.907. The zero-order valence-electron chi connectivity index (χ0n) is 65.5. The molecule has 0 saturated carbocycles. The maximum absolute atomic E-state index is 13.1. The molecule has 0 aliphatic carbocycles. The Morgan fingerprint density at radius 3 is 0.877 bits per heavy atom. The van der Waals surface area contributed by atoms with E-state index in [1.807, 2.05) is 30.4 Å². The first-order valence-electron chi connectivity index (χ1n) is 40.0. The largest absolute Gasteiger partial charge is 0.472 e. The molecule has 0 aromatic rings. The van der Waals surface area contributed by atoms with Crippen molar-refractivity contribution in [3.05, 3.63) is 182 Å². The molecule has 0 saturated heterocycles. The molecule has 19 heteroatoms. The van der Waals surface area contributed by atoms with E-state index in [-0.39, 0.29) is 25.7 Å². The second-order valence-electron chi connectivity index (χ2n) is 25.9. The quantitative estimate of drug-likeness (QED) is 0.0169. The van der Waals surface area contributed by atoms with Crippen LogP contribution in [0.25, 0.3) is 0 Å². The Balaban J connectivity index is 5.52. The highest BCUT2D eigenvalue weighted by molar-refractivity contribution is 7.47. The van der Waals surface area contributed by atoms with Crippen molar-refractivity contribution in [3.8, 4) is 0 Å². The van der Waals surface area contributed by atoms with E-state index in [0.717, 1.165) is 161 Å². The molecule has 106 heavy (non-hydrogen) atoms. The first-order valence-corrected chi connectivity index (χ1v) is 43.0. The fraction of sp³-hybridized carbons (Fsp3) is 0.609. The molecule has 0 aromatic carbocycles. The normalized spacial score (nSPS) is 14.8. The predicted octanol–water partition coefficient (Wildman–Crippen LogP) is 23.6. The van der Waals surface area contributed by atoms with Gasteiger partial charge in [0.25, 0.3) is 0 Å². The highest BCUT2D eigenvalue weighted by Gasteiger charge is 2.30. The summed E-state index contributed by atoms with van der Waals surface area (Å²) in [7, 11) is -10.0. The number of esters is 4. The van der Waals surface area contributed by atoms with Gasteiger partial charge in [-0.1, -0.05) is 281 Å². The summed E-state index contributed by atoms with van der Waals surface area (Å²) in [5, 5.41) is 10.6. The summed E-state index contributed by atoms with van der Waals surface area (Å²) >= 11 is 0. The second-order valence-corrected chi connectivity index (χ2v) is 28.8. The SMILES string of the molecule is CC/C=C\C/C=C\C/C=C\C/C=C\C/C=C\CCCC(=O)OC(COC(=O)CCCCCCCC/C=C\C/C=C\C/C=C\CCCCC)COP(=O)(O)OCC(O)COP(=O)(O)OCC(COC(=O)C/C=C\C/C=C\C/C=C\C/C=C\C/C=C\CC)OC(=O)CCCCCCC/C=C\C/C=C\CCCCC. The van der Waals surface area contributed by atoms with Crippen molar-refractivity contribution in [1.29, 1.82) is 0 Å². The molecule has 0 bridgehead atoms. The van der Waals surface area contributed by atoms with Crippen LogP contribution >= 0.6 is 15.6 Å². The van der Waals surface area contributed by atoms with E-state index in [0.29, 0.717) is 32.1 Å². The Bertz CT molecular complexity index is 2730. The van der Waals surface area contributed by atoms with Crippen LogP contribution in [0.5, 0.6) is 0 Å². The van der Waals surface area contributed by atoms with E-state index in [1.54, 1.807) is 6.08 Å². The zero-order chi connectivity index (χ0) is 77.4. The lowest BCUT2D eigenvalue weighted by atomic mass is 10.1. The van der Waals surface area contributed by atoms with Crippen molar-refractivity contribution in [2.75, 3.05) is 39.6 Å². The van der Waals surface area contributed by atoms with Crippen molar-refractivity contribution < 1.29 is 80.2 Å². The third-order valence-electron chi connectivity index (χ3n) is 15.9. The first kappa shape index (κ1) is 100. The Morgan fingerprint density at radius 2 is 0.538 bits per heavy atom. The molecular formula is C87H140O17P2. The van der Waals surface area contributed by atoms with E-state index in [2.05, 4.69) is 174 Å². The molecule has 0 radical (unpaired) electrons. The van der Waals surface area contributed by atoms with E-state index in [1.165, 1.54) is 38.5 Å². The van der Waals surface area contributed by atoms with Gasteiger partial charge in [-0.2, -0.15) is 0 Å². The number of rotatable bonds is 73. The molecule has 5 atom stereocenters. The highest BCUT2D eigenvalue weighted by atomic mass is 31.2. The monoisotopic (exact) mass is 1520 g/mol. The molecule has 3 N–H and O–H groups in total. The first-order chi connectivity index (χ1) is 51.7. The fourth-order valence-corrected chi connectivity index (χ4v) is 11.4. The molecule has 0 fully saturated rings. The number of carbonyl (C=O) groups excluding carboxylic acids is 4. The Labute approximate surface area is 641 Å². The van der Waals surface area contributed by atoms with Gasteiger partial charge in [0.05, 0.1) is 32.8 Å². The number of carbonyl (C=O) groups is 4. The number of hydrogen-bond acceptors (Lipinski definition) is 15. The number of aliphatic hydroxyl groups is 1. The van der Waals surface area contributed by atoms with Crippen LogP contribution in [0.1, 0.15) is 285 Å². The van der Waals surface area contributed by atoms with Gasteiger partial charge in [0.2, 0.25) is 0 Å². The Kier molecular flexibility index (Phi) is 73.1. The van der Waals surface area contributed by atoms with E-state index in [4.69, 9.17) is 37.0 Å². The minimum Gasteiger partial charge on any atom is -0.462 e. The van der Waals surface area contributed by atoms with Crippen LogP contribution in [0.2, 0.25) is 0 Å². The summed E-state index contributed by atoms with van der Waals surface area (Å²) < 4.78 is 68.4. The molecule has 0 aromatic heterocycles. The summed E-state index contributed by atoms with van der Waals surface area (Å²) in [6.07, 6.45) is 93.4. The number of phosphoric acid groups is 2. The molecule has 0 heterocycles. The predicted molar refractivity (Wildman–Crippen MR) is 436 cm³/mol. The minimum absolute atomic E-state index is 0.00430. The molecule has 0 aliphatic rings. The second kappa shape index (κ2) is 77.3. The summed E-state index contributed by atoms with van der Waals surface area (Å²) in [5.74, 6) is -2.44. The van der Waals surface area contributed by atoms with Crippen molar-refractivity contribution in [3.63, 3.8) is 0 Å². The van der Waals surface area contributed by atoms with Crippen LogP contribution in [0.4, 0.5) is 0 Å². The molecule has 0 rings (SSSR count). The molecule has 5 unspecified atom stereocenters. The lowest BCUT2D eigenvalue weighted by molar-refractivity contribution is -0.161. The zero-order valence-corrected chi connectivity index (χ0v) is 67.3. The van der Waals surface area contributed by atoms with Gasteiger partial charge < -0.3 is 33.8 Å². The van der Waals surface area contributed by atoms with Crippen LogP contribution in [-0.2, 0) is 65.4 Å². The number of phosphoric ester groups is 2. The molecule has 17 nitrogen and oxygen atoms in total. The van der Waals surface area contributed by atoms with Crippen molar-refractivity contribution >= 4 is 39.5 Å². The van der Waals surface area contributed by atoms with Crippen LogP contribution < -0.4 is 0 Å². The Morgan fingerprint density at radius 1 is 0.283 bits per heavy atom. The number of ether oxygens (including phenoxy) is 4. The maximum Gasteiger partial charge on any atom is 0.472 e. The van der Waals surface area contributed by atoms with Gasteiger partial charge in [-0.3, -0.25) is 37.3 Å². The van der Waals surface area contributed by atoms with Gasteiger partial charge in [0.1, 0.15) is 19.3 Å². The number of allylic oxidation sites excluding steroid dienone is 29. The van der Waals surface area contributed by atoms with Crippen molar-refractivity contribution in [1.82, 2.24) is 0 Å². The highest BCUT2D eigenvalue weighted by Crippen LogP contribution is 2.45. The third kappa shape index (κ3) is 76.4. The van der Waals surface area contributed by atoms with Gasteiger partial charge in [0.15, 0.2) is 12.2 Å². The molecule has 0 spiro atoms. The lowest BCUT2D eigenvalue weighted by Gasteiger charge is -2.21.